The third-order valence-electron chi connectivity index (χ3n) is 3.55. The molecule has 0 spiro atoms. The molecular weight excluding hydrogens is 336 g/mol. The van der Waals surface area contributed by atoms with Crippen molar-refractivity contribution in [3.05, 3.63) is 29.8 Å². The van der Waals surface area contributed by atoms with E-state index in [2.05, 4.69) is 41.0 Å². The molecule has 0 saturated carbocycles. The highest BCUT2D eigenvalue weighted by atomic mass is 32.2. The summed E-state index contributed by atoms with van der Waals surface area (Å²) in [6.07, 6.45) is 2.87. The van der Waals surface area contributed by atoms with E-state index in [4.69, 9.17) is 0 Å². The maximum atomic E-state index is 12.0. The van der Waals surface area contributed by atoms with Gasteiger partial charge < -0.3 is 21.1 Å². The molecule has 0 bridgehead atoms. The van der Waals surface area contributed by atoms with E-state index in [0.29, 0.717) is 18.7 Å². The number of rotatable bonds is 9. The van der Waals surface area contributed by atoms with Crippen LogP contribution in [0.5, 0.6) is 5.75 Å². The Morgan fingerprint density at radius 2 is 1.96 bits per heavy atom. The van der Waals surface area contributed by atoms with Crippen LogP contribution in [0.15, 0.2) is 29.3 Å². The Balaban J connectivity index is 2.34. The summed E-state index contributed by atoms with van der Waals surface area (Å²) in [5.74, 6) is 0.705. The zero-order chi connectivity index (χ0) is 18.7. The number of guanidine groups is 1. The molecule has 0 unspecified atom stereocenters. The Morgan fingerprint density at radius 3 is 2.60 bits per heavy atom. The fourth-order valence-corrected chi connectivity index (χ4v) is 2.12. The zero-order valence-electron chi connectivity index (χ0n) is 15.6. The number of aromatic hydroxyl groups is 1. The second-order valence-corrected chi connectivity index (χ2v) is 7.76. The topological polar surface area (TPSA) is 85.8 Å². The second-order valence-electron chi connectivity index (χ2n) is 6.25. The average molecular weight is 367 g/mol. The van der Waals surface area contributed by atoms with Gasteiger partial charge in [0.25, 0.3) is 5.91 Å². The molecule has 0 atom stereocenters. The summed E-state index contributed by atoms with van der Waals surface area (Å²) in [6.45, 7) is 9.18. The van der Waals surface area contributed by atoms with Crippen molar-refractivity contribution in [2.45, 2.75) is 31.9 Å². The van der Waals surface area contributed by atoms with Crippen molar-refractivity contribution < 1.29 is 9.90 Å². The third kappa shape index (κ3) is 8.67. The monoisotopic (exact) mass is 366 g/mol. The van der Waals surface area contributed by atoms with Crippen molar-refractivity contribution in [3.8, 4) is 5.75 Å². The van der Waals surface area contributed by atoms with Gasteiger partial charge in [-0.05, 0) is 51.6 Å². The van der Waals surface area contributed by atoms with Gasteiger partial charge in [-0.1, -0.05) is 6.07 Å². The van der Waals surface area contributed by atoms with Crippen molar-refractivity contribution in [1.29, 1.82) is 0 Å². The molecule has 4 N–H and O–H groups in total. The molecule has 0 aliphatic carbocycles. The third-order valence-corrected chi connectivity index (χ3v) is 4.79. The highest BCUT2D eigenvalue weighted by Crippen LogP contribution is 2.20. The summed E-state index contributed by atoms with van der Waals surface area (Å²) in [7, 11) is 0. The van der Waals surface area contributed by atoms with E-state index in [0.717, 1.165) is 25.5 Å². The maximum Gasteiger partial charge on any atom is 0.251 e. The SMILES string of the molecule is CCNC(=NCC(C)(C)SC)NCCCNC(=O)c1cccc(O)c1. The molecule has 0 aromatic heterocycles. The Kier molecular flexibility index (Phi) is 9.20. The standard InChI is InChI=1S/C18H30N4O2S/c1-5-19-17(22-13-18(2,3)25-4)21-11-7-10-20-16(24)14-8-6-9-15(23)12-14/h6,8-9,12,23H,5,7,10-11,13H2,1-4H3,(H,20,24)(H2,19,21,22). The van der Waals surface area contributed by atoms with Gasteiger partial charge in [-0.2, -0.15) is 11.8 Å². The molecule has 0 fully saturated rings. The molecule has 0 saturated heterocycles. The summed E-state index contributed by atoms with van der Waals surface area (Å²) in [5, 5.41) is 18.7. The summed E-state index contributed by atoms with van der Waals surface area (Å²) in [5.41, 5.74) is 0.460. The first-order chi connectivity index (χ1) is 11.9. The number of hydrogen-bond donors (Lipinski definition) is 4. The molecule has 0 heterocycles. The van der Waals surface area contributed by atoms with E-state index in [9.17, 15) is 9.90 Å². The molecule has 1 amide bonds. The first kappa shape index (κ1) is 21.2. The zero-order valence-corrected chi connectivity index (χ0v) is 16.4. The van der Waals surface area contributed by atoms with Crippen molar-refractivity contribution in [2.75, 3.05) is 32.4 Å². The van der Waals surface area contributed by atoms with Gasteiger partial charge in [0.2, 0.25) is 0 Å². The quantitative estimate of drug-likeness (QED) is 0.306. The van der Waals surface area contributed by atoms with Crippen LogP contribution in [-0.4, -0.2) is 54.2 Å². The fourth-order valence-electron chi connectivity index (χ4n) is 1.92. The number of carbonyl (C=O) groups excluding carboxylic acids is 1. The van der Waals surface area contributed by atoms with Crippen molar-refractivity contribution >= 4 is 23.6 Å². The van der Waals surface area contributed by atoms with Gasteiger partial charge in [0.1, 0.15) is 5.75 Å². The van der Waals surface area contributed by atoms with Gasteiger partial charge in [-0.25, -0.2) is 0 Å². The molecule has 140 valence electrons. The lowest BCUT2D eigenvalue weighted by Crippen LogP contribution is -2.39. The van der Waals surface area contributed by atoms with Crippen LogP contribution in [0.4, 0.5) is 0 Å². The first-order valence-corrected chi connectivity index (χ1v) is 9.75. The van der Waals surface area contributed by atoms with Gasteiger partial charge in [0.05, 0.1) is 6.54 Å². The van der Waals surface area contributed by atoms with Crippen LogP contribution in [0.3, 0.4) is 0 Å². The Bertz CT molecular complexity index is 576. The predicted octanol–water partition coefficient (Wildman–Crippen LogP) is 2.21. The molecule has 0 aliphatic heterocycles. The van der Waals surface area contributed by atoms with E-state index in [1.807, 2.05) is 6.92 Å². The second kappa shape index (κ2) is 10.9. The number of hydrogen-bond acceptors (Lipinski definition) is 4. The van der Waals surface area contributed by atoms with E-state index in [1.54, 1.807) is 30.0 Å². The molecule has 7 heteroatoms. The number of nitrogens with one attached hydrogen (secondary N) is 3. The Labute approximate surface area is 154 Å². The van der Waals surface area contributed by atoms with Crippen LogP contribution >= 0.6 is 11.8 Å². The summed E-state index contributed by atoms with van der Waals surface area (Å²) >= 11 is 1.79. The maximum absolute atomic E-state index is 12.0. The first-order valence-electron chi connectivity index (χ1n) is 8.52. The molecule has 1 aromatic carbocycles. The van der Waals surface area contributed by atoms with Crippen LogP contribution in [-0.2, 0) is 0 Å². The Morgan fingerprint density at radius 1 is 1.24 bits per heavy atom. The number of phenolic OH excluding ortho intramolecular Hbond substituents is 1. The number of benzene rings is 1. The van der Waals surface area contributed by atoms with Crippen molar-refractivity contribution in [3.63, 3.8) is 0 Å². The number of phenols is 1. The molecule has 0 radical (unpaired) electrons. The van der Waals surface area contributed by atoms with Crippen LogP contribution in [0.25, 0.3) is 0 Å². The average Bonchev–Trinajstić information content (AvgIpc) is 2.59. The molecule has 25 heavy (non-hydrogen) atoms. The summed E-state index contributed by atoms with van der Waals surface area (Å²) in [6, 6.07) is 6.33. The van der Waals surface area contributed by atoms with E-state index in [1.165, 1.54) is 6.07 Å². The highest BCUT2D eigenvalue weighted by molar-refractivity contribution is 7.99. The Hall–Kier alpha value is -1.89. The van der Waals surface area contributed by atoms with Crippen molar-refractivity contribution in [1.82, 2.24) is 16.0 Å². The molecular formula is C18H30N4O2S. The molecule has 1 aromatic rings. The van der Waals surface area contributed by atoms with Gasteiger partial charge in [0, 0.05) is 29.9 Å². The number of nitrogens with zero attached hydrogens (tertiary/aromatic N) is 1. The van der Waals surface area contributed by atoms with Crippen LogP contribution in [0.1, 0.15) is 37.6 Å². The van der Waals surface area contributed by atoms with Crippen LogP contribution in [0, 0.1) is 0 Å². The smallest absolute Gasteiger partial charge is 0.251 e. The van der Waals surface area contributed by atoms with Crippen LogP contribution in [0.2, 0.25) is 0 Å². The lowest BCUT2D eigenvalue weighted by Gasteiger charge is -2.20. The minimum Gasteiger partial charge on any atom is -0.508 e. The van der Waals surface area contributed by atoms with Crippen LogP contribution < -0.4 is 16.0 Å². The largest absolute Gasteiger partial charge is 0.508 e. The molecule has 6 nitrogen and oxygen atoms in total. The highest BCUT2D eigenvalue weighted by Gasteiger charge is 2.15. The lowest BCUT2D eigenvalue weighted by molar-refractivity contribution is 0.0953. The van der Waals surface area contributed by atoms with Gasteiger partial charge in [0.15, 0.2) is 5.96 Å². The fraction of sp³-hybridized carbons (Fsp3) is 0.556. The number of carbonyl (C=O) groups is 1. The number of amides is 1. The van der Waals surface area contributed by atoms with E-state index in [-0.39, 0.29) is 16.4 Å². The normalized spacial score (nSPS) is 11.9. The predicted molar refractivity (Wildman–Crippen MR) is 107 cm³/mol. The van der Waals surface area contributed by atoms with Gasteiger partial charge >= 0.3 is 0 Å². The minimum atomic E-state index is -0.182. The number of thioether (sulfide) groups is 1. The lowest BCUT2D eigenvalue weighted by atomic mass is 10.2. The van der Waals surface area contributed by atoms with Crippen molar-refractivity contribution in [2.24, 2.45) is 4.99 Å². The molecule has 0 aliphatic rings. The van der Waals surface area contributed by atoms with Gasteiger partial charge in [-0.15, -0.1) is 0 Å². The summed E-state index contributed by atoms with van der Waals surface area (Å²) in [4.78, 5) is 16.6. The van der Waals surface area contributed by atoms with E-state index < -0.39 is 0 Å². The van der Waals surface area contributed by atoms with E-state index >= 15 is 0 Å². The minimum absolute atomic E-state index is 0.0916. The number of aliphatic imine (C=N–C) groups is 1. The van der Waals surface area contributed by atoms with Gasteiger partial charge in [-0.3, -0.25) is 9.79 Å². The molecule has 1 rings (SSSR count). The summed E-state index contributed by atoms with van der Waals surface area (Å²) < 4.78 is 0.109.